The van der Waals surface area contributed by atoms with Crippen molar-refractivity contribution in [2.45, 2.75) is 54.5 Å². The van der Waals surface area contributed by atoms with Crippen LogP contribution in [0.2, 0.25) is 0 Å². The van der Waals surface area contributed by atoms with Crippen LogP contribution in [0.25, 0.3) is 0 Å². The van der Waals surface area contributed by atoms with E-state index < -0.39 is 0 Å². The van der Waals surface area contributed by atoms with E-state index in [-0.39, 0.29) is 0 Å². The van der Waals surface area contributed by atoms with Gasteiger partial charge in [0.05, 0.1) is 0 Å². The molecule has 0 aromatic heterocycles. The van der Waals surface area contributed by atoms with Crippen molar-refractivity contribution in [2.75, 3.05) is 26.7 Å². The van der Waals surface area contributed by atoms with Crippen molar-refractivity contribution in [3.63, 3.8) is 0 Å². The highest BCUT2D eigenvalue weighted by molar-refractivity contribution is 4.46. The van der Waals surface area contributed by atoms with E-state index in [9.17, 15) is 0 Å². The van der Waals surface area contributed by atoms with Crippen LogP contribution in [0.1, 0.15) is 48.5 Å². The number of hydrogen-bond acceptors (Lipinski definition) is 2. The molecule has 0 spiro atoms. The van der Waals surface area contributed by atoms with Crippen molar-refractivity contribution in [1.82, 2.24) is 10.2 Å². The van der Waals surface area contributed by atoms with E-state index in [0.717, 1.165) is 19.6 Å². The summed E-state index contributed by atoms with van der Waals surface area (Å²) in [6.07, 6.45) is 0. The van der Waals surface area contributed by atoms with Crippen molar-refractivity contribution in [1.29, 1.82) is 0 Å². The molecule has 2 heteroatoms. The van der Waals surface area contributed by atoms with E-state index in [4.69, 9.17) is 0 Å². The zero-order valence-electron chi connectivity index (χ0n) is 11.6. The molecule has 0 aliphatic heterocycles. The Morgan fingerprint density at radius 2 is 1.36 bits per heavy atom. The highest BCUT2D eigenvalue weighted by atomic mass is 15.1. The zero-order chi connectivity index (χ0) is 12.0. The fourth-order valence-corrected chi connectivity index (χ4v) is 0.632. The summed E-state index contributed by atoms with van der Waals surface area (Å²) in [6, 6.07) is 0.648. The van der Waals surface area contributed by atoms with Crippen LogP contribution >= 0.6 is 0 Å². The van der Waals surface area contributed by atoms with Gasteiger partial charge in [0.2, 0.25) is 0 Å². The van der Waals surface area contributed by atoms with Gasteiger partial charge in [0.1, 0.15) is 0 Å². The molecule has 0 saturated heterocycles. The van der Waals surface area contributed by atoms with Crippen LogP contribution in [-0.2, 0) is 0 Å². The van der Waals surface area contributed by atoms with Crippen LogP contribution in [0.15, 0.2) is 0 Å². The number of rotatable bonds is 4. The van der Waals surface area contributed by atoms with Gasteiger partial charge >= 0.3 is 0 Å². The fourth-order valence-electron chi connectivity index (χ4n) is 0.632. The summed E-state index contributed by atoms with van der Waals surface area (Å²) in [7, 11) is 2.11. The van der Waals surface area contributed by atoms with Gasteiger partial charge in [0.15, 0.2) is 0 Å². The Hall–Kier alpha value is -0.0800. The fraction of sp³-hybridized carbons (Fsp3) is 1.00. The van der Waals surface area contributed by atoms with Crippen LogP contribution in [0.5, 0.6) is 0 Å². The maximum Gasteiger partial charge on any atom is 0.00102 e. The van der Waals surface area contributed by atoms with Gasteiger partial charge in [-0.25, -0.2) is 0 Å². The van der Waals surface area contributed by atoms with Crippen molar-refractivity contribution >= 4 is 0 Å². The average Bonchev–Trinajstić information content (AvgIpc) is 2.20. The van der Waals surface area contributed by atoms with Gasteiger partial charge in [-0.1, -0.05) is 48.5 Å². The first-order chi connectivity index (χ1) is 6.58. The molecular weight excluding hydrogens is 172 g/mol. The van der Waals surface area contributed by atoms with Crippen LogP contribution in [0.4, 0.5) is 0 Å². The molecule has 14 heavy (non-hydrogen) atoms. The predicted molar refractivity (Wildman–Crippen MR) is 69.0 cm³/mol. The Bertz CT molecular complexity index is 68.7. The zero-order valence-corrected chi connectivity index (χ0v) is 11.6. The molecule has 0 bridgehead atoms. The first kappa shape index (κ1) is 19.5. The largest absolute Gasteiger partial charge is 0.315 e. The summed E-state index contributed by atoms with van der Waals surface area (Å²) in [6.45, 7) is 18.1. The topological polar surface area (TPSA) is 15.3 Å². The third-order valence-electron chi connectivity index (χ3n) is 1.69. The molecule has 90 valence electrons. The first-order valence-corrected chi connectivity index (χ1v) is 6.00. The van der Waals surface area contributed by atoms with Crippen molar-refractivity contribution in [3.05, 3.63) is 0 Å². The maximum absolute atomic E-state index is 3.21. The van der Waals surface area contributed by atoms with Crippen molar-refractivity contribution in [3.8, 4) is 0 Å². The van der Waals surface area contributed by atoms with Crippen LogP contribution in [0.3, 0.4) is 0 Å². The summed E-state index contributed by atoms with van der Waals surface area (Å²) in [5, 5.41) is 3.21. The second-order valence-electron chi connectivity index (χ2n) is 3.20. The van der Waals surface area contributed by atoms with Gasteiger partial charge < -0.3 is 10.2 Å². The highest BCUT2D eigenvalue weighted by Crippen LogP contribution is 1.73. The monoisotopic (exact) mass is 204 g/mol. The molecule has 1 N–H and O–H groups in total. The van der Waals surface area contributed by atoms with E-state index in [2.05, 4.69) is 51.9 Å². The van der Waals surface area contributed by atoms with Gasteiger partial charge in [-0.15, -0.1) is 0 Å². The van der Waals surface area contributed by atoms with E-state index >= 15 is 0 Å². The normalized spacial score (nSPS) is 9.00. The second-order valence-corrected chi connectivity index (χ2v) is 3.20. The molecule has 2 nitrogen and oxygen atoms in total. The maximum atomic E-state index is 3.21. The molecule has 0 heterocycles. The quantitative estimate of drug-likeness (QED) is 0.757. The Balaban J connectivity index is -0.000000147. The van der Waals surface area contributed by atoms with Gasteiger partial charge in [-0.3, -0.25) is 0 Å². The summed E-state index contributed by atoms with van der Waals surface area (Å²) < 4.78 is 0. The molecule has 0 aromatic rings. The molecule has 0 atom stereocenters. The predicted octanol–water partition coefficient (Wildman–Crippen LogP) is 2.99. The number of nitrogens with one attached hydrogen (secondary N) is 1. The Morgan fingerprint density at radius 3 is 1.36 bits per heavy atom. The Labute approximate surface area is 92.1 Å². The second kappa shape index (κ2) is 18.7. The third kappa shape index (κ3) is 29.7. The minimum Gasteiger partial charge on any atom is -0.315 e. The molecule has 0 saturated carbocycles. The molecule has 0 rings (SSSR count). The Kier molecular flexibility index (Phi) is 26.0. The number of nitrogens with zero attached hydrogens (tertiary/aromatic N) is 1. The van der Waals surface area contributed by atoms with Crippen LogP contribution in [0, 0.1) is 0 Å². The van der Waals surface area contributed by atoms with E-state index in [1.54, 1.807) is 0 Å². The molecule has 0 unspecified atom stereocenters. The first-order valence-electron chi connectivity index (χ1n) is 6.00. The average molecular weight is 204 g/mol. The summed E-state index contributed by atoms with van der Waals surface area (Å²) in [5.74, 6) is 0. The van der Waals surface area contributed by atoms with E-state index in [1.165, 1.54) is 0 Å². The van der Waals surface area contributed by atoms with Gasteiger partial charge in [-0.2, -0.15) is 0 Å². The van der Waals surface area contributed by atoms with Crippen LogP contribution < -0.4 is 5.32 Å². The van der Waals surface area contributed by atoms with Crippen molar-refractivity contribution < 1.29 is 0 Å². The lowest BCUT2D eigenvalue weighted by atomic mass is 10.4. The molecule has 0 aliphatic carbocycles. The SMILES string of the molecule is CC.CCN(C)CC.CCNC(C)C. The van der Waals surface area contributed by atoms with Gasteiger partial charge in [-0.05, 0) is 26.7 Å². The molecule has 0 amide bonds. The molecule has 0 radical (unpaired) electrons. The lowest BCUT2D eigenvalue weighted by Crippen LogP contribution is -2.21. The standard InChI is InChI=1S/2C5H13N.C2H6/c1-4-6(3)5-2;1-4-6-5(2)3;1-2/h4-5H2,1-3H3;5-6H,4H2,1-3H3;1-2H3. The minimum absolute atomic E-state index is 0.648. The van der Waals surface area contributed by atoms with Gasteiger partial charge in [0.25, 0.3) is 0 Å². The lowest BCUT2D eigenvalue weighted by Gasteiger charge is -2.07. The minimum atomic E-state index is 0.648. The summed E-state index contributed by atoms with van der Waals surface area (Å²) in [5.41, 5.74) is 0. The van der Waals surface area contributed by atoms with Crippen LogP contribution in [-0.4, -0.2) is 37.6 Å². The molecule has 0 aromatic carbocycles. The molecule has 0 fully saturated rings. The Morgan fingerprint density at radius 1 is 1.00 bits per heavy atom. The summed E-state index contributed by atoms with van der Waals surface area (Å²) in [4.78, 5) is 2.25. The van der Waals surface area contributed by atoms with E-state index in [1.807, 2.05) is 13.8 Å². The molecular formula is C12H32N2. The van der Waals surface area contributed by atoms with E-state index in [0.29, 0.717) is 6.04 Å². The molecule has 0 aliphatic rings. The smallest absolute Gasteiger partial charge is 0.00102 e. The summed E-state index contributed by atoms with van der Waals surface area (Å²) >= 11 is 0. The third-order valence-corrected chi connectivity index (χ3v) is 1.69. The highest BCUT2D eigenvalue weighted by Gasteiger charge is 1.82. The lowest BCUT2D eigenvalue weighted by molar-refractivity contribution is 0.373. The van der Waals surface area contributed by atoms with Crippen molar-refractivity contribution in [2.24, 2.45) is 0 Å². The van der Waals surface area contributed by atoms with Gasteiger partial charge in [0, 0.05) is 6.04 Å². The number of hydrogen-bond donors (Lipinski definition) is 1.